The molecule has 1 aliphatic heterocycles. The molecule has 2 heterocycles. The van der Waals surface area contributed by atoms with E-state index in [1.807, 2.05) is 0 Å². The molecule has 4 rings (SSSR count). The van der Waals surface area contributed by atoms with E-state index in [1.54, 1.807) is 43.8 Å². The average molecular weight is 528 g/mol. The number of nitrogens with one attached hydrogen (secondary N) is 2. The van der Waals surface area contributed by atoms with E-state index in [0.717, 1.165) is 44.3 Å². The molecular weight excluding hydrogens is 486 g/mol. The first-order valence-corrected chi connectivity index (χ1v) is 14.1. The number of benzene rings is 1. The monoisotopic (exact) mass is 527 g/mol. The van der Waals surface area contributed by atoms with Gasteiger partial charge in [-0.05, 0) is 73.6 Å². The van der Waals surface area contributed by atoms with Crippen LogP contribution < -0.4 is 20.1 Å². The molecule has 8 heteroatoms. The zero-order valence-electron chi connectivity index (χ0n) is 23.0. The summed E-state index contributed by atoms with van der Waals surface area (Å²) in [6.45, 7) is 11.3. The number of amides is 2. The smallest absolute Gasteiger partial charge is 0.259 e. The van der Waals surface area contributed by atoms with E-state index in [1.165, 1.54) is 11.3 Å². The molecule has 0 radical (unpaired) electrons. The van der Waals surface area contributed by atoms with Gasteiger partial charge in [-0.2, -0.15) is 0 Å². The van der Waals surface area contributed by atoms with Crippen molar-refractivity contribution in [3.8, 4) is 11.5 Å². The second kappa shape index (κ2) is 11.4. The molecule has 0 unspecified atom stereocenters. The summed E-state index contributed by atoms with van der Waals surface area (Å²) in [7, 11) is 3.16. The summed E-state index contributed by atoms with van der Waals surface area (Å²) < 4.78 is 10.8. The maximum Gasteiger partial charge on any atom is 0.259 e. The van der Waals surface area contributed by atoms with Crippen molar-refractivity contribution >= 4 is 33.8 Å². The van der Waals surface area contributed by atoms with Crippen LogP contribution in [0.1, 0.15) is 67.8 Å². The molecule has 0 bridgehead atoms. The van der Waals surface area contributed by atoms with Gasteiger partial charge in [-0.3, -0.25) is 14.5 Å². The predicted molar refractivity (Wildman–Crippen MR) is 150 cm³/mol. The second-order valence-corrected chi connectivity index (χ2v) is 12.7. The molecule has 1 fully saturated rings. The lowest BCUT2D eigenvalue weighted by molar-refractivity contribution is -0.117. The first kappa shape index (κ1) is 27.5. The number of likely N-dealkylation sites (tertiary alicyclic amines) is 1. The number of fused-ring (bicyclic) bond motifs is 1. The van der Waals surface area contributed by atoms with Crippen LogP contribution in [0.2, 0.25) is 0 Å². The summed E-state index contributed by atoms with van der Waals surface area (Å²) in [4.78, 5) is 30.3. The molecule has 1 aliphatic carbocycles. The average Bonchev–Trinajstić information content (AvgIpc) is 3.20. The van der Waals surface area contributed by atoms with Crippen LogP contribution in [0.25, 0.3) is 0 Å². The van der Waals surface area contributed by atoms with E-state index in [2.05, 4.69) is 43.2 Å². The quantitative estimate of drug-likeness (QED) is 0.473. The van der Waals surface area contributed by atoms with Gasteiger partial charge in [-0.25, -0.2) is 0 Å². The zero-order chi connectivity index (χ0) is 26.7. The number of anilines is 2. The van der Waals surface area contributed by atoms with E-state index in [0.29, 0.717) is 46.1 Å². The Kier molecular flexibility index (Phi) is 8.49. The highest BCUT2D eigenvalue weighted by Crippen LogP contribution is 2.44. The molecule has 2 amide bonds. The minimum Gasteiger partial charge on any atom is -0.497 e. The van der Waals surface area contributed by atoms with Gasteiger partial charge in [-0.15, -0.1) is 11.3 Å². The van der Waals surface area contributed by atoms with Crippen LogP contribution in [0.15, 0.2) is 18.2 Å². The number of methoxy groups -OCH3 is 2. The van der Waals surface area contributed by atoms with Crippen LogP contribution >= 0.6 is 11.3 Å². The van der Waals surface area contributed by atoms with Crippen LogP contribution in [0.3, 0.4) is 0 Å². The van der Waals surface area contributed by atoms with Gasteiger partial charge in [0.25, 0.3) is 5.91 Å². The molecule has 2 aromatic rings. The Bertz CT molecular complexity index is 1140. The van der Waals surface area contributed by atoms with E-state index in [4.69, 9.17) is 9.47 Å². The highest BCUT2D eigenvalue weighted by molar-refractivity contribution is 7.17. The third-order valence-corrected chi connectivity index (χ3v) is 8.91. The fourth-order valence-corrected chi connectivity index (χ4v) is 6.88. The maximum absolute atomic E-state index is 13.7. The number of hydrogen-bond donors (Lipinski definition) is 2. The normalized spacial score (nSPS) is 20.2. The Morgan fingerprint density at radius 2 is 1.92 bits per heavy atom. The SMILES string of the molecule is COc1ccc(NC(=O)c2c(NC(=O)CN3CCC[C@H](C)C3)sc3c2CC[C@@H](C(C)(C)C)C3)c(OC)c1. The number of ether oxygens (including phenoxy) is 2. The fourth-order valence-electron chi connectivity index (χ4n) is 5.54. The Balaban J connectivity index is 1.61. The van der Waals surface area contributed by atoms with Crippen molar-refractivity contribution in [2.24, 2.45) is 17.3 Å². The number of thiophene rings is 1. The van der Waals surface area contributed by atoms with Gasteiger partial charge in [0.15, 0.2) is 0 Å². The third kappa shape index (κ3) is 6.47. The van der Waals surface area contributed by atoms with Gasteiger partial charge >= 0.3 is 0 Å². The van der Waals surface area contributed by atoms with E-state index >= 15 is 0 Å². The van der Waals surface area contributed by atoms with Crippen LogP contribution in [-0.2, 0) is 17.6 Å². The van der Waals surface area contributed by atoms with Gasteiger partial charge in [0.1, 0.15) is 16.5 Å². The van der Waals surface area contributed by atoms with E-state index in [-0.39, 0.29) is 17.2 Å². The number of rotatable bonds is 7. The molecule has 2 aliphatic rings. The lowest BCUT2D eigenvalue weighted by atomic mass is 9.72. The summed E-state index contributed by atoms with van der Waals surface area (Å²) >= 11 is 1.57. The summed E-state index contributed by atoms with van der Waals surface area (Å²) in [5, 5.41) is 6.81. The van der Waals surface area contributed by atoms with Crippen molar-refractivity contribution in [1.82, 2.24) is 4.90 Å². The number of nitrogens with zero attached hydrogens (tertiary/aromatic N) is 1. The number of hydrogen-bond acceptors (Lipinski definition) is 6. The van der Waals surface area contributed by atoms with Crippen LogP contribution in [-0.4, -0.2) is 50.6 Å². The molecule has 1 aromatic carbocycles. The lowest BCUT2D eigenvalue weighted by Crippen LogP contribution is -2.39. The van der Waals surface area contributed by atoms with Crippen molar-refractivity contribution < 1.29 is 19.1 Å². The van der Waals surface area contributed by atoms with Crippen LogP contribution in [0.4, 0.5) is 10.7 Å². The number of carbonyl (C=O) groups excluding carboxylic acids is 2. The molecule has 7 nitrogen and oxygen atoms in total. The predicted octanol–water partition coefficient (Wildman–Crippen LogP) is 5.84. The summed E-state index contributed by atoms with van der Waals surface area (Å²) in [6.07, 6.45) is 5.11. The van der Waals surface area contributed by atoms with Crippen LogP contribution in [0.5, 0.6) is 11.5 Å². The van der Waals surface area contributed by atoms with Crippen molar-refractivity contribution in [2.75, 3.05) is 44.5 Å². The molecule has 202 valence electrons. The Morgan fingerprint density at radius 1 is 1.14 bits per heavy atom. The first-order chi connectivity index (χ1) is 17.6. The topological polar surface area (TPSA) is 79.9 Å². The lowest BCUT2D eigenvalue weighted by Gasteiger charge is -2.33. The third-order valence-electron chi connectivity index (χ3n) is 7.74. The summed E-state index contributed by atoms with van der Waals surface area (Å²) in [6, 6.07) is 5.31. The molecule has 2 atom stereocenters. The van der Waals surface area contributed by atoms with Crippen molar-refractivity contribution in [1.29, 1.82) is 0 Å². The molecule has 1 saturated heterocycles. The van der Waals surface area contributed by atoms with Crippen molar-refractivity contribution in [3.63, 3.8) is 0 Å². The standard InChI is InChI=1S/C29H41N3O4S/c1-18-8-7-13-32(16-18)17-25(33)31-28-26(21-11-9-19(29(2,3)4)14-24(21)37-28)27(34)30-22-12-10-20(35-5)15-23(22)36-6/h10,12,15,18-19H,7-9,11,13-14,16-17H2,1-6H3,(H,30,34)(H,31,33)/t18-,19+/m0/s1. The molecule has 37 heavy (non-hydrogen) atoms. The minimum absolute atomic E-state index is 0.0591. The highest BCUT2D eigenvalue weighted by atomic mass is 32.1. The molecule has 2 N–H and O–H groups in total. The van der Waals surface area contributed by atoms with E-state index < -0.39 is 0 Å². The Labute approximate surface area is 224 Å². The summed E-state index contributed by atoms with van der Waals surface area (Å²) in [5.41, 5.74) is 2.41. The highest BCUT2D eigenvalue weighted by Gasteiger charge is 2.34. The Hall–Kier alpha value is -2.58. The van der Waals surface area contributed by atoms with Gasteiger partial charge in [-0.1, -0.05) is 27.7 Å². The second-order valence-electron chi connectivity index (χ2n) is 11.6. The maximum atomic E-state index is 13.7. The van der Waals surface area contributed by atoms with Crippen molar-refractivity contribution in [2.45, 2.75) is 59.8 Å². The van der Waals surface area contributed by atoms with Gasteiger partial charge in [0, 0.05) is 17.5 Å². The number of piperidine rings is 1. The van der Waals surface area contributed by atoms with Gasteiger partial charge in [0.05, 0.1) is 32.0 Å². The molecular formula is C29H41N3O4S. The Morgan fingerprint density at radius 3 is 2.59 bits per heavy atom. The van der Waals surface area contributed by atoms with E-state index in [9.17, 15) is 9.59 Å². The summed E-state index contributed by atoms with van der Waals surface area (Å²) in [5.74, 6) is 2.03. The van der Waals surface area contributed by atoms with Crippen molar-refractivity contribution in [3.05, 3.63) is 34.2 Å². The van der Waals surface area contributed by atoms with Crippen LogP contribution in [0, 0.1) is 17.3 Å². The largest absolute Gasteiger partial charge is 0.497 e. The molecule has 1 aromatic heterocycles. The minimum atomic E-state index is -0.225. The zero-order valence-corrected chi connectivity index (χ0v) is 23.8. The van der Waals surface area contributed by atoms with Gasteiger partial charge < -0.3 is 20.1 Å². The first-order valence-electron chi connectivity index (χ1n) is 13.3. The molecule has 0 saturated carbocycles. The number of carbonyl (C=O) groups is 2. The fraction of sp³-hybridized carbons (Fsp3) is 0.586. The van der Waals surface area contributed by atoms with Gasteiger partial charge in [0.2, 0.25) is 5.91 Å². The molecule has 0 spiro atoms.